The lowest BCUT2D eigenvalue weighted by Gasteiger charge is -2.28. The van der Waals surface area contributed by atoms with Crippen molar-refractivity contribution in [2.75, 3.05) is 11.9 Å². The summed E-state index contributed by atoms with van der Waals surface area (Å²) in [6, 6.07) is 12.6. The molecule has 9 heteroatoms. The van der Waals surface area contributed by atoms with E-state index in [-0.39, 0.29) is 30.3 Å². The van der Waals surface area contributed by atoms with Gasteiger partial charge >= 0.3 is 6.03 Å². The Morgan fingerprint density at radius 3 is 2.41 bits per heavy atom. The van der Waals surface area contributed by atoms with Crippen LogP contribution in [0.3, 0.4) is 0 Å². The zero-order valence-corrected chi connectivity index (χ0v) is 20.9. The van der Waals surface area contributed by atoms with Gasteiger partial charge in [0, 0.05) is 23.2 Å². The molecule has 5 nitrogen and oxygen atoms in total. The maximum atomic E-state index is 13.4. The van der Waals surface area contributed by atoms with Crippen LogP contribution in [0.5, 0.6) is 0 Å². The Labute approximate surface area is 212 Å². The highest BCUT2D eigenvalue weighted by atomic mass is 35.5. The lowest BCUT2D eigenvalue weighted by Crippen LogP contribution is -2.45. The van der Waals surface area contributed by atoms with Crippen LogP contribution in [0.4, 0.5) is 14.9 Å². The summed E-state index contributed by atoms with van der Waals surface area (Å²) < 4.78 is 13.4. The molecule has 0 radical (unpaired) electrons. The number of aryl methyl sites for hydroxylation is 1. The van der Waals surface area contributed by atoms with Crippen molar-refractivity contribution in [1.29, 1.82) is 0 Å². The van der Waals surface area contributed by atoms with Crippen molar-refractivity contribution in [2.45, 2.75) is 38.9 Å². The van der Waals surface area contributed by atoms with E-state index in [1.54, 1.807) is 51.5 Å². The van der Waals surface area contributed by atoms with Crippen molar-refractivity contribution in [2.24, 2.45) is 0 Å². The second-order valence-electron chi connectivity index (χ2n) is 8.32. The number of benzene rings is 2. The molecule has 178 valence electrons. The number of anilines is 1. The van der Waals surface area contributed by atoms with Gasteiger partial charge < -0.3 is 15.1 Å². The van der Waals surface area contributed by atoms with Crippen LogP contribution in [0.2, 0.25) is 10.0 Å². The summed E-state index contributed by atoms with van der Waals surface area (Å²) in [7, 11) is 0. The highest BCUT2D eigenvalue weighted by molar-refractivity contribution is 7.10. The number of carbonyl (C=O) groups is 2. The first-order valence-electron chi connectivity index (χ1n) is 10.9. The molecule has 1 fully saturated rings. The summed E-state index contributed by atoms with van der Waals surface area (Å²) in [4.78, 5) is 30.9. The Hall–Kier alpha value is -2.61. The molecule has 34 heavy (non-hydrogen) atoms. The normalized spacial score (nSPS) is 12.9. The minimum absolute atomic E-state index is 0.0165. The molecule has 0 saturated heterocycles. The SMILES string of the molecule is Cc1ccsc1CN(Cc1ccc(F)cc1)C(=O)CN(C(=O)Nc1ccc(Cl)c(Cl)c1)C1CC1. The van der Waals surface area contributed by atoms with E-state index in [0.29, 0.717) is 28.8 Å². The average molecular weight is 520 g/mol. The van der Waals surface area contributed by atoms with Crippen LogP contribution in [0.1, 0.15) is 28.8 Å². The van der Waals surface area contributed by atoms with E-state index < -0.39 is 0 Å². The zero-order valence-electron chi connectivity index (χ0n) is 18.6. The van der Waals surface area contributed by atoms with Gasteiger partial charge in [-0.25, -0.2) is 9.18 Å². The number of urea groups is 1. The van der Waals surface area contributed by atoms with E-state index in [4.69, 9.17) is 23.2 Å². The predicted molar refractivity (Wildman–Crippen MR) is 135 cm³/mol. The summed E-state index contributed by atoms with van der Waals surface area (Å²) in [6.45, 7) is 2.70. The minimum Gasteiger partial charge on any atom is -0.332 e. The van der Waals surface area contributed by atoms with Gasteiger partial charge in [0.1, 0.15) is 12.4 Å². The fourth-order valence-electron chi connectivity index (χ4n) is 3.55. The van der Waals surface area contributed by atoms with Crippen LogP contribution in [-0.2, 0) is 17.9 Å². The number of thiophene rings is 1. The summed E-state index contributed by atoms with van der Waals surface area (Å²) in [5, 5.41) is 5.55. The molecule has 1 aliphatic carbocycles. The molecule has 0 unspecified atom stereocenters. The third kappa shape index (κ3) is 6.29. The van der Waals surface area contributed by atoms with Crippen molar-refractivity contribution in [3.63, 3.8) is 0 Å². The molecular formula is C25H24Cl2FN3O2S. The van der Waals surface area contributed by atoms with E-state index in [0.717, 1.165) is 28.8 Å². The molecule has 0 spiro atoms. The van der Waals surface area contributed by atoms with Crippen LogP contribution < -0.4 is 5.32 Å². The number of nitrogens with zero attached hydrogens (tertiary/aromatic N) is 2. The molecule has 1 aliphatic rings. The van der Waals surface area contributed by atoms with Gasteiger partial charge in [-0.3, -0.25) is 4.79 Å². The first kappa shape index (κ1) is 24.5. The van der Waals surface area contributed by atoms with Crippen LogP contribution in [-0.4, -0.2) is 34.3 Å². The van der Waals surface area contributed by atoms with Crippen LogP contribution in [0.15, 0.2) is 53.9 Å². The van der Waals surface area contributed by atoms with Gasteiger partial charge in [0.05, 0.1) is 16.6 Å². The molecule has 0 atom stereocenters. The van der Waals surface area contributed by atoms with Gasteiger partial charge in [0.15, 0.2) is 0 Å². The van der Waals surface area contributed by atoms with Gasteiger partial charge in [-0.1, -0.05) is 35.3 Å². The van der Waals surface area contributed by atoms with E-state index in [1.807, 2.05) is 18.4 Å². The molecule has 1 saturated carbocycles. The van der Waals surface area contributed by atoms with Crippen molar-refractivity contribution in [3.05, 3.63) is 85.8 Å². The highest BCUT2D eigenvalue weighted by Crippen LogP contribution is 2.29. The second kappa shape index (κ2) is 10.8. The van der Waals surface area contributed by atoms with Crippen molar-refractivity contribution < 1.29 is 14.0 Å². The monoisotopic (exact) mass is 519 g/mol. The van der Waals surface area contributed by atoms with E-state index >= 15 is 0 Å². The molecule has 1 aromatic heterocycles. The van der Waals surface area contributed by atoms with Gasteiger partial charge in [0.2, 0.25) is 5.91 Å². The van der Waals surface area contributed by atoms with E-state index in [9.17, 15) is 14.0 Å². The van der Waals surface area contributed by atoms with E-state index in [2.05, 4.69) is 5.32 Å². The minimum atomic E-state index is -0.358. The summed E-state index contributed by atoms with van der Waals surface area (Å²) in [6.07, 6.45) is 1.70. The first-order valence-corrected chi connectivity index (χ1v) is 12.5. The number of nitrogens with one attached hydrogen (secondary N) is 1. The molecule has 3 amide bonds. The Bertz CT molecular complexity index is 1180. The zero-order chi connectivity index (χ0) is 24.2. The third-order valence-corrected chi connectivity index (χ3v) is 7.41. The number of carbonyl (C=O) groups excluding carboxylic acids is 2. The van der Waals surface area contributed by atoms with Gasteiger partial charge in [-0.15, -0.1) is 11.3 Å². The maximum Gasteiger partial charge on any atom is 0.322 e. The number of rotatable bonds is 8. The maximum absolute atomic E-state index is 13.4. The first-order chi connectivity index (χ1) is 16.3. The Morgan fingerprint density at radius 1 is 1.06 bits per heavy atom. The third-order valence-electron chi connectivity index (χ3n) is 5.67. The van der Waals surface area contributed by atoms with Gasteiger partial charge in [-0.05, 0) is 72.7 Å². The lowest BCUT2D eigenvalue weighted by atomic mass is 10.2. The number of amides is 3. The molecule has 0 bridgehead atoms. The predicted octanol–water partition coefficient (Wildman–Crippen LogP) is 6.73. The largest absolute Gasteiger partial charge is 0.332 e. The molecular weight excluding hydrogens is 496 g/mol. The summed E-state index contributed by atoms with van der Waals surface area (Å²) >= 11 is 13.6. The van der Waals surface area contributed by atoms with Crippen LogP contribution in [0.25, 0.3) is 0 Å². The standard InChI is InChI=1S/C25H24Cl2FN3O2S/c1-16-10-11-34-23(16)14-30(13-17-2-4-18(28)5-3-17)24(32)15-31(20-7-8-20)25(33)29-19-6-9-21(26)22(27)12-19/h2-6,9-12,20H,7-8,13-15H2,1H3,(H,29,33). The van der Waals surface area contributed by atoms with Crippen LogP contribution in [0, 0.1) is 12.7 Å². The molecule has 1 N–H and O–H groups in total. The molecule has 3 aromatic rings. The van der Waals surface area contributed by atoms with Crippen molar-refractivity contribution >= 4 is 52.2 Å². The lowest BCUT2D eigenvalue weighted by molar-refractivity contribution is -0.133. The van der Waals surface area contributed by atoms with Crippen LogP contribution >= 0.6 is 34.5 Å². The van der Waals surface area contributed by atoms with Gasteiger partial charge in [-0.2, -0.15) is 0 Å². The Balaban J connectivity index is 1.50. The van der Waals surface area contributed by atoms with Gasteiger partial charge in [0.25, 0.3) is 0 Å². The summed E-state index contributed by atoms with van der Waals surface area (Å²) in [5.74, 6) is -0.497. The quantitative estimate of drug-likeness (QED) is 0.358. The molecule has 0 aliphatic heterocycles. The topological polar surface area (TPSA) is 52.7 Å². The number of hydrogen-bond donors (Lipinski definition) is 1. The highest BCUT2D eigenvalue weighted by Gasteiger charge is 2.35. The molecule has 2 aromatic carbocycles. The number of halogens is 3. The van der Waals surface area contributed by atoms with Crippen molar-refractivity contribution in [3.8, 4) is 0 Å². The molecule has 1 heterocycles. The fourth-order valence-corrected chi connectivity index (χ4v) is 4.77. The summed E-state index contributed by atoms with van der Waals surface area (Å²) in [5.41, 5.74) is 2.44. The van der Waals surface area contributed by atoms with E-state index in [1.165, 1.54) is 12.1 Å². The Morgan fingerprint density at radius 2 is 1.79 bits per heavy atom. The van der Waals surface area contributed by atoms with Crippen molar-refractivity contribution in [1.82, 2.24) is 9.80 Å². The fraction of sp³-hybridized carbons (Fsp3) is 0.280. The second-order valence-corrected chi connectivity index (χ2v) is 10.1. The molecule has 4 rings (SSSR count). The number of hydrogen-bond acceptors (Lipinski definition) is 3. The average Bonchev–Trinajstić information content (AvgIpc) is 3.57. The Kier molecular flexibility index (Phi) is 7.76. The smallest absolute Gasteiger partial charge is 0.322 e.